The van der Waals surface area contributed by atoms with E-state index in [4.69, 9.17) is 21.8 Å². The number of hydrogen-bond donors (Lipinski definition) is 1. The first kappa shape index (κ1) is 21.4. The summed E-state index contributed by atoms with van der Waals surface area (Å²) in [6.07, 6.45) is 1.01. The molecule has 9 heteroatoms. The van der Waals surface area contributed by atoms with Gasteiger partial charge < -0.3 is 15.1 Å². The van der Waals surface area contributed by atoms with Crippen molar-refractivity contribution in [1.82, 2.24) is 14.7 Å². The first-order valence-electron chi connectivity index (χ1n) is 10.3. The largest absolute Gasteiger partial charge is 0.460 e. The van der Waals surface area contributed by atoms with Crippen LogP contribution in [0.15, 0.2) is 40.8 Å². The number of likely N-dealkylation sites (N-methyl/N-ethyl adjacent to an activating group) is 1. The summed E-state index contributed by atoms with van der Waals surface area (Å²) in [6, 6.07) is 10.9. The monoisotopic (exact) mass is 444 g/mol. The molecule has 2 aliphatic heterocycles. The van der Waals surface area contributed by atoms with Gasteiger partial charge in [0.2, 0.25) is 5.91 Å². The zero-order chi connectivity index (χ0) is 22.2. The van der Waals surface area contributed by atoms with Crippen LogP contribution < -0.4 is 5.73 Å². The van der Waals surface area contributed by atoms with Crippen molar-refractivity contribution >= 4 is 29.4 Å². The van der Waals surface area contributed by atoms with Gasteiger partial charge in [-0.2, -0.15) is 0 Å². The fourth-order valence-electron chi connectivity index (χ4n) is 4.53. The molecule has 2 aromatic rings. The smallest absolute Gasteiger partial charge is 0.328 e. The second-order valence-corrected chi connectivity index (χ2v) is 8.40. The van der Waals surface area contributed by atoms with Gasteiger partial charge in [0.25, 0.3) is 5.91 Å². The Kier molecular flexibility index (Phi) is 5.77. The summed E-state index contributed by atoms with van der Waals surface area (Å²) in [7, 11) is 0. The van der Waals surface area contributed by atoms with Crippen LogP contribution in [0.3, 0.4) is 0 Å². The normalized spacial score (nSPS) is 18.9. The van der Waals surface area contributed by atoms with Crippen LogP contribution in [-0.4, -0.2) is 64.3 Å². The minimum Gasteiger partial charge on any atom is -0.460 e. The van der Waals surface area contributed by atoms with E-state index in [0.29, 0.717) is 44.0 Å². The van der Waals surface area contributed by atoms with E-state index in [1.807, 2.05) is 43.3 Å². The second kappa shape index (κ2) is 8.36. The lowest BCUT2D eigenvalue weighted by Crippen LogP contribution is -2.56. The van der Waals surface area contributed by atoms with Crippen LogP contribution in [0.1, 0.15) is 25.5 Å². The molecule has 3 heterocycles. The highest BCUT2D eigenvalue weighted by Crippen LogP contribution is 2.37. The van der Waals surface area contributed by atoms with Crippen LogP contribution in [0, 0.1) is 0 Å². The Morgan fingerprint density at radius 2 is 1.81 bits per heavy atom. The number of primary amides is 1. The Bertz CT molecular complexity index is 995. The van der Waals surface area contributed by atoms with E-state index >= 15 is 0 Å². The van der Waals surface area contributed by atoms with E-state index in [0.717, 1.165) is 22.0 Å². The van der Waals surface area contributed by atoms with E-state index in [-0.39, 0.29) is 12.5 Å². The van der Waals surface area contributed by atoms with E-state index in [9.17, 15) is 14.4 Å². The van der Waals surface area contributed by atoms with Gasteiger partial charge >= 0.3 is 6.03 Å². The molecule has 2 saturated heterocycles. The SMILES string of the molecule is CCN1C(=O)N(CC(N)=O)C(=O)C12CCN(Cc1ccc(-c3ccc(Cl)cc3)o1)CC2. The number of nitrogens with zero attached hydrogens (tertiary/aromatic N) is 3. The third-order valence-electron chi connectivity index (χ3n) is 6.10. The predicted molar refractivity (Wildman–Crippen MR) is 115 cm³/mol. The highest BCUT2D eigenvalue weighted by atomic mass is 35.5. The van der Waals surface area contributed by atoms with Gasteiger partial charge in [-0.05, 0) is 56.2 Å². The number of benzene rings is 1. The third-order valence-corrected chi connectivity index (χ3v) is 6.36. The maximum absolute atomic E-state index is 13.1. The molecule has 0 bridgehead atoms. The number of urea groups is 1. The summed E-state index contributed by atoms with van der Waals surface area (Å²) in [5.41, 5.74) is 5.29. The zero-order valence-corrected chi connectivity index (χ0v) is 18.1. The molecule has 8 nitrogen and oxygen atoms in total. The van der Waals surface area contributed by atoms with Gasteiger partial charge in [0.15, 0.2) is 0 Å². The maximum Gasteiger partial charge on any atom is 0.328 e. The van der Waals surface area contributed by atoms with E-state index in [1.54, 1.807) is 4.90 Å². The highest BCUT2D eigenvalue weighted by Gasteiger charge is 2.57. The number of likely N-dealkylation sites (tertiary alicyclic amines) is 1. The summed E-state index contributed by atoms with van der Waals surface area (Å²) < 4.78 is 5.99. The minimum atomic E-state index is -0.893. The average Bonchev–Trinajstić information content (AvgIpc) is 3.28. The maximum atomic E-state index is 13.1. The quantitative estimate of drug-likeness (QED) is 0.690. The van der Waals surface area contributed by atoms with E-state index in [1.165, 1.54) is 0 Å². The zero-order valence-electron chi connectivity index (χ0n) is 17.3. The molecule has 1 aromatic carbocycles. The van der Waals surface area contributed by atoms with Gasteiger partial charge in [0.05, 0.1) is 6.54 Å². The molecule has 0 saturated carbocycles. The molecule has 2 aliphatic rings. The fourth-order valence-corrected chi connectivity index (χ4v) is 4.66. The van der Waals surface area contributed by atoms with Gasteiger partial charge in [-0.25, -0.2) is 4.79 Å². The van der Waals surface area contributed by atoms with Crippen molar-refractivity contribution in [3.63, 3.8) is 0 Å². The first-order valence-corrected chi connectivity index (χ1v) is 10.7. The number of imide groups is 1. The number of nitrogens with two attached hydrogens (primary N) is 1. The number of halogens is 1. The molecule has 0 atom stereocenters. The number of carbonyl (C=O) groups is 3. The number of furan rings is 1. The lowest BCUT2D eigenvalue weighted by molar-refractivity contribution is -0.137. The molecule has 2 fully saturated rings. The molecule has 2 N–H and O–H groups in total. The van der Waals surface area contributed by atoms with Crippen LogP contribution in [0.2, 0.25) is 5.02 Å². The number of piperidine rings is 1. The Balaban J connectivity index is 1.42. The minimum absolute atomic E-state index is 0.319. The molecular formula is C22H25ClN4O4. The fraction of sp³-hybridized carbons (Fsp3) is 0.409. The van der Waals surface area contributed by atoms with Crippen LogP contribution in [0.25, 0.3) is 11.3 Å². The molecule has 4 amide bonds. The summed E-state index contributed by atoms with van der Waals surface area (Å²) in [5, 5.41) is 0.674. The van der Waals surface area contributed by atoms with Gasteiger partial charge in [-0.1, -0.05) is 11.6 Å². The first-order chi connectivity index (χ1) is 14.8. The summed E-state index contributed by atoms with van der Waals surface area (Å²) in [4.78, 5) is 41.8. The predicted octanol–water partition coefficient (Wildman–Crippen LogP) is 2.70. The lowest BCUT2D eigenvalue weighted by Gasteiger charge is -2.41. The second-order valence-electron chi connectivity index (χ2n) is 7.97. The van der Waals surface area contributed by atoms with Crippen molar-refractivity contribution in [2.24, 2.45) is 5.73 Å². The number of hydrogen-bond acceptors (Lipinski definition) is 5. The Labute approximate surface area is 185 Å². The number of amides is 4. The van der Waals surface area contributed by atoms with Gasteiger partial charge in [-0.3, -0.25) is 19.4 Å². The molecular weight excluding hydrogens is 420 g/mol. The van der Waals surface area contributed by atoms with Crippen molar-refractivity contribution in [3.8, 4) is 11.3 Å². The van der Waals surface area contributed by atoms with Gasteiger partial charge in [-0.15, -0.1) is 0 Å². The molecule has 164 valence electrons. The molecule has 1 aromatic heterocycles. The van der Waals surface area contributed by atoms with E-state index in [2.05, 4.69) is 4.90 Å². The van der Waals surface area contributed by atoms with Crippen molar-refractivity contribution < 1.29 is 18.8 Å². The Hall–Kier alpha value is -2.84. The van der Waals surface area contributed by atoms with Crippen molar-refractivity contribution in [3.05, 3.63) is 47.2 Å². The standard InChI is InChI=1S/C22H25ClN4O4/c1-2-27-21(30)26(14-19(24)28)20(29)22(27)9-11-25(12-10-22)13-17-7-8-18(31-17)15-3-5-16(23)6-4-15/h3-8H,2,9-14H2,1H3,(H2,24,28). The van der Waals surface area contributed by atoms with Crippen molar-refractivity contribution in [2.45, 2.75) is 31.8 Å². The number of rotatable bonds is 6. The van der Waals surface area contributed by atoms with Gasteiger partial charge in [0.1, 0.15) is 23.6 Å². The molecule has 0 aliphatic carbocycles. The summed E-state index contributed by atoms with van der Waals surface area (Å²) >= 11 is 5.95. The summed E-state index contributed by atoms with van der Waals surface area (Å²) in [6.45, 7) is 3.76. The molecule has 31 heavy (non-hydrogen) atoms. The average molecular weight is 445 g/mol. The Morgan fingerprint density at radius 3 is 2.42 bits per heavy atom. The van der Waals surface area contributed by atoms with Crippen LogP contribution in [0.5, 0.6) is 0 Å². The lowest BCUT2D eigenvalue weighted by atomic mass is 9.85. The molecule has 4 rings (SSSR count). The number of carbonyl (C=O) groups excluding carboxylic acids is 3. The Morgan fingerprint density at radius 1 is 1.13 bits per heavy atom. The third kappa shape index (κ3) is 3.93. The molecule has 0 unspecified atom stereocenters. The molecule has 0 radical (unpaired) electrons. The van der Waals surface area contributed by atoms with Crippen molar-refractivity contribution in [2.75, 3.05) is 26.2 Å². The van der Waals surface area contributed by atoms with Crippen LogP contribution >= 0.6 is 11.6 Å². The highest BCUT2D eigenvalue weighted by molar-refractivity contribution is 6.30. The van der Waals surface area contributed by atoms with Crippen molar-refractivity contribution in [1.29, 1.82) is 0 Å². The van der Waals surface area contributed by atoms with E-state index < -0.39 is 17.5 Å². The van der Waals surface area contributed by atoms with Crippen LogP contribution in [-0.2, 0) is 16.1 Å². The van der Waals surface area contributed by atoms with Crippen LogP contribution in [0.4, 0.5) is 4.79 Å². The topological polar surface area (TPSA) is 100 Å². The molecule has 1 spiro atoms. The van der Waals surface area contributed by atoms with Gasteiger partial charge in [0, 0.05) is 30.2 Å². The summed E-state index contributed by atoms with van der Waals surface area (Å²) in [5.74, 6) is 0.593.